The van der Waals surface area contributed by atoms with Gasteiger partial charge in [0.25, 0.3) is 0 Å². The fraction of sp³-hybridized carbons (Fsp3) is 0.600. The lowest BCUT2D eigenvalue weighted by molar-refractivity contribution is 0.354. The van der Waals surface area contributed by atoms with Gasteiger partial charge in [-0.25, -0.2) is 0 Å². The minimum Gasteiger partial charge on any atom is -0.368 e. The lowest BCUT2D eigenvalue weighted by Gasteiger charge is -2.35. The third kappa shape index (κ3) is 2.72. The van der Waals surface area contributed by atoms with Crippen LogP contribution in [0.1, 0.15) is 32.1 Å². The number of anilines is 1. The van der Waals surface area contributed by atoms with Gasteiger partial charge in [-0.2, -0.15) is 0 Å². The molecule has 0 bridgehead atoms. The largest absolute Gasteiger partial charge is 0.368 e. The van der Waals surface area contributed by atoms with E-state index in [2.05, 4.69) is 16.3 Å². The highest BCUT2D eigenvalue weighted by Crippen LogP contribution is 2.37. The van der Waals surface area contributed by atoms with Gasteiger partial charge >= 0.3 is 0 Å². The Morgan fingerprint density at radius 2 is 1.89 bits per heavy atom. The minimum atomic E-state index is 0.294. The smallest absolute Gasteiger partial charge is 0.0825 e. The second-order valence-electron chi connectivity index (χ2n) is 5.76. The van der Waals surface area contributed by atoms with E-state index < -0.39 is 0 Å². The van der Waals surface area contributed by atoms with Gasteiger partial charge in [-0.05, 0) is 37.9 Å². The van der Waals surface area contributed by atoms with Gasteiger partial charge in [0.15, 0.2) is 0 Å². The molecule has 0 atom stereocenters. The zero-order valence-corrected chi connectivity index (χ0v) is 12.6. The second kappa shape index (κ2) is 5.51. The van der Waals surface area contributed by atoms with Gasteiger partial charge in [0.1, 0.15) is 0 Å². The summed E-state index contributed by atoms with van der Waals surface area (Å²) in [6.07, 6.45) is 6.39. The number of nitrogens with zero attached hydrogens (tertiary/aromatic N) is 1. The molecule has 2 aliphatic rings. The second-order valence-corrected chi connectivity index (χ2v) is 6.55. The first-order valence-corrected chi connectivity index (χ1v) is 7.90. The van der Waals surface area contributed by atoms with Crippen molar-refractivity contribution in [3.05, 3.63) is 28.2 Å². The van der Waals surface area contributed by atoms with Crippen LogP contribution in [0, 0.1) is 0 Å². The monoisotopic (exact) mass is 298 g/mol. The first-order valence-electron chi connectivity index (χ1n) is 7.14. The zero-order valence-electron chi connectivity index (χ0n) is 11.1. The Kier molecular flexibility index (Phi) is 3.93. The van der Waals surface area contributed by atoms with Crippen molar-refractivity contribution < 1.29 is 0 Å². The van der Waals surface area contributed by atoms with Crippen LogP contribution in [0.15, 0.2) is 18.2 Å². The van der Waals surface area contributed by atoms with Crippen LogP contribution in [0.2, 0.25) is 10.0 Å². The van der Waals surface area contributed by atoms with Gasteiger partial charge < -0.3 is 10.2 Å². The molecule has 2 nitrogen and oxygen atoms in total. The van der Waals surface area contributed by atoms with Gasteiger partial charge in [-0.1, -0.05) is 42.1 Å². The maximum Gasteiger partial charge on any atom is 0.0825 e. The Morgan fingerprint density at radius 1 is 1.11 bits per heavy atom. The molecule has 19 heavy (non-hydrogen) atoms. The van der Waals surface area contributed by atoms with E-state index >= 15 is 0 Å². The molecule has 3 rings (SSSR count). The fourth-order valence-corrected chi connectivity index (χ4v) is 3.87. The number of nitrogens with one attached hydrogen (secondary N) is 1. The minimum absolute atomic E-state index is 0.294. The molecule has 0 radical (unpaired) electrons. The maximum atomic E-state index is 6.38. The molecule has 1 aromatic carbocycles. The van der Waals surface area contributed by atoms with Gasteiger partial charge in [0, 0.05) is 18.6 Å². The number of hydrogen-bond acceptors (Lipinski definition) is 2. The summed E-state index contributed by atoms with van der Waals surface area (Å²) in [5, 5.41) is 5.12. The Labute approximate surface area is 125 Å². The highest BCUT2D eigenvalue weighted by atomic mass is 35.5. The first-order chi connectivity index (χ1) is 9.20. The summed E-state index contributed by atoms with van der Waals surface area (Å²) >= 11 is 12.5. The van der Waals surface area contributed by atoms with E-state index in [9.17, 15) is 0 Å². The van der Waals surface area contributed by atoms with Gasteiger partial charge in [-0.3, -0.25) is 0 Å². The molecule has 1 aliphatic heterocycles. The zero-order chi connectivity index (χ0) is 13.3. The SMILES string of the molecule is Clc1cccc(N2CCCNC3(CCCC3)C2)c1Cl. The van der Waals surface area contributed by atoms with E-state index in [0.717, 1.165) is 31.7 Å². The molecule has 0 unspecified atom stereocenters. The Bertz CT molecular complexity index is 455. The third-order valence-corrected chi connectivity index (χ3v) is 5.24. The first kappa shape index (κ1) is 13.5. The lowest BCUT2D eigenvalue weighted by Crippen LogP contribution is -2.49. The van der Waals surface area contributed by atoms with E-state index in [1.807, 2.05) is 12.1 Å². The van der Waals surface area contributed by atoms with E-state index in [4.69, 9.17) is 23.2 Å². The van der Waals surface area contributed by atoms with E-state index in [-0.39, 0.29) is 0 Å². The van der Waals surface area contributed by atoms with Crippen LogP contribution in [0.25, 0.3) is 0 Å². The summed E-state index contributed by atoms with van der Waals surface area (Å²) in [4.78, 5) is 2.42. The Balaban J connectivity index is 1.88. The summed E-state index contributed by atoms with van der Waals surface area (Å²) in [7, 11) is 0. The van der Waals surface area contributed by atoms with Crippen molar-refractivity contribution in [1.82, 2.24) is 5.32 Å². The molecular weight excluding hydrogens is 279 g/mol. The van der Waals surface area contributed by atoms with Gasteiger partial charge in [-0.15, -0.1) is 0 Å². The summed E-state index contributed by atoms with van der Waals surface area (Å²) in [5.74, 6) is 0. The molecule has 0 amide bonds. The normalized spacial score (nSPS) is 22.7. The quantitative estimate of drug-likeness (QED) is 0.839. The number of hydrogen-bond donors (Lipinski definition) is 1. The average molecular weight is 299 g/mol. The summed E-state index contributed by atoms with van der Waals surface area (Å²) in [6, 6.07) is 5.93. The molecule has 2 fully saturated rings. The number of benzene rings is 1. The van der Waals surface area contributed by atoms with Gasteiger partial charge in [0.2, 0.25) is 0 Å². The summed E-state index contributed by atoms with van der Waals surface area (Å²) in [6.45, 7) is 3.20. The lowest BCUT2D eigenvalue weighted by atomic mass is 9.97. The molecule has 1 N–H and O–H groups in total. The average Bonchev–Trinajstić information content (AvgIpc) is 2.74. The van der Waals surface area contributed by atoms with Crippen LogP contribution in [-0.2, 0) is 0 Å². The van der Waals surface area contributed by atoms with Crippen molar-refractivity contribution in [2.45, 2.75) is 37.6 Å². The highest BCUT2D eigenvalue weighted by molar-refractivity contribution is 6.43. The van der Waals surface area contributed by atoms with E-state index in [1.165, 1.54) is 25.7 Å². The predicted molar refractivity (Wildman–Crippen MR) is 82.5 cm³/mol. The third-order valence-electron chi connectivity index (χ3n) is 4.43. The standard InChI is InChI=1S/C15H20Cl2N2/c16-12-5-3-6-13(14(12)17)19-10-4-9-18-15(11-19)7-1-2-8-15/h3,5-6,18H,1-2,4,7-11H2. The summed E-state index contributed by atoms with van der Waals surface area (Å²) in [5.41, 5.74) is 1.38. The molecule has 1 saturated carbocycles. The van der Waals surface area contributed by atoms with Crippen molar-refractivity contribution in [1.29, 1.82) is 0 Å². The van der Waals surface area contributed by atoms with Crippen LogP contribution in [-0.4, -0.2) is 25.2 Å². The van der Waals surface area contributed by atoms with E-state index in [1.54, 1.807) is 0 Å². The van der Waals surface area contributed by atoms with Crippen LogP contribution in [0.3, 0.4) is 0 Å². The summed E-state index contributed by atoms with van der Waals surface area (Å²) < 4.78 is 0. The molecule has 4 heteroatoms. The molecule has 1 heterocycles. The van der Waals surface area contributed by atoms with Crippen molar-refractivity contribution >= 4 is 28.9 Å². The molecule has 1 spiro atoms. The molecular formula is C15H20Cl2N2. The Hall–Kier alpha value is -0.440. The van der Waals surface area contributed by atoms with Crippen LogP contribution in [0.4, 0.5) is 5.69 Å². The van der Waals surface area contributed by atoms with Crippen LogP contribution < -0.4 is 10.2 Å². The van der Waals surface area contributed by atoms with Crippen molar-refractivity contribution in [2.24, 2.45) is 0 Å². The molecule has 0 aromatic heterocycles. The highest BCUT2D eigenvalue weighted by Gasteiger charge is 2.36. The molecule has 1 aromatic rings. The topological polar surface area (TPSA) is 15.3 Å². The van der Waals surface area contributed by atoms with Crippen molar-refractivity contribution in [3.63, 3.8) is 0 Å². The number of halogens is 2. The Morgan fingerprint density at radius 3 is 2.68 bits per heavy atom. The molecule has 1 aliphatic carbocycles. The maximum absolute atomic E-state index is 6.38. The predicted octanol–water partition coefficient (Wildman–Crippen LogP) is 4.11. The van der Waals surface area contributed by atoms with Crippen LogP contribution in [0.5, 0.6) is 0 Å². The molecule has 1 saturated heterocycles. The molecule has 104 valence electrons. The van der Waals surface area contributed by atoms with Gasteiger partial charge in [0.05, 0.1) is 15.7 Å². The van der Waals surface area contributed by atoms with Crippen LogP contribution >= 0.6 is 23.2 Å². The number of rotatable bonds is 1. The van der Waals surface area contributed by atoms with Crippen molar-refractivity contribution in [2.75, 3.05) is 24.5 Å². The fourth-order valence-electron chi connectivity index (χ4n) is 3.45. The van der Waals surface area contributed by atoms with E-state index in [0.29, 0.717) is 15.6 Å². The van der Waals surface area contributed by atoms with Crippen molar-refractivity contribution in [3.8, 4) is 0 Å².